The lowest BCUT2D eigenvalue weighted by atomic mass is 9.90. The summed E-state index contributed by atoms with van der Waals surface area (Å²) in [6, 6.07) is 6.40. The maximum absolute atomic E-state index is 12.4. The van der Waals surface area contributed by atoms with Crippen LogP contribution in [0.4, 0.5) is 4.79 Å². The largest absolute Gasteiger partial charge is 0.465 e. The Morgan fingerprint density at radius 3 is 2.09 bits per heavy atom. The Balaban J connectivity index is 2.18. The van der Waals surface area contributed by atoms with Crippen molar-refractivity contribution in [3.63, 3.8) is 0 Å². The zero-order chi connectivity index (χ0) is 17.1. The summed E-state index contributed by atoms with van der Waals surface area (Å²) in [5.74, 6) is -0.412. The zero-order valence-corrected chi connectivity index (χ0v) is 13.6. The quantitative estimate of drug-likeness (QED) is 0.789. The van der Waals surface area contributed by atoms with E-state index in [4.69, 9.17) is 5.11 Å². The molecular formula is C17H22N2O4. The fourth-order valence-electron chi connectivity index (χ4n) is 2.99. The van der Waals surface area contributed by atoms with Crippen molar-refractivity contribution in [2.75, 3.05) is 6.54 Å². The van der Waals surface area contributed by atoms with Crippen LogP contribution in [-0.2, 0) is 0 Å². The molecule has 2 atom stereocenters. The van der Waals surface area contributed by atoms with Crippen LogP contribution in [0.3, 0.4) is 0 Å². The molecule has 1 heterocycles. The summed E-state index contributed by atoms with van der Waals surface area (Å²) < 4.78 is 0. The average molecular weight is 318 g/mol. The predicted molar refractivity (Wildman–Crippen MR) is 85.4 cm³/mol. The summed E-state index contributed by atoms with van der Waals surface area (Å²) in [7, 11) is 0. The van der Waals surface area contributed by atoms with E-state index in [-0.39, 0.29) is 30.3 Å². The van der Waals surface area contributed by atoms with Gasteiger partial charge in [0, 0.05) is 12.6 Å². The van der Waals surface area contributed by atoms with Gasteiger partial charge in [0.1, 0.15) is 0 Å². The van der Waals surface area contributed by atoms with E-state index in [0.717, 1.165) is 6.42 Å². The molecule has 0 bridgehead atoms. The minimum Gasteiger partial charge on any atom is -0.465 e. The van der Waals surface area contributed by atoms with Crippen molar-refractivity contribution >= 4 is 17.9 Å². The van der Waals surface area contributed by atoms with Gasteiger partial charge in [-0.1, -0.05) is 26.0 Å². The highest BCUT2D eigenvalue weighted by Gasteiger charge is 2.37. The lowest BCUT2D eigenvalue weighted by molar-refractivity contribution is 0.0611. The molecule has 1 aromatic carbocycles. The van der Waals surface area contributed by atoms with Crippen molar-refractivity contribution < 1.29 is 19.5 Å². The first-order chi connectivity index (χ1) is 10.8. The lowest BCUT2D eigenvalue weighted by Crippen LogP contribution is -2.44. The maximum Gasteiger partial charge on any atom is 0.404 e. The molecule has 0 fully saturated rings. The zero-order valence-electron chi connectivity index (χ0n) is 13.6. The number of nitrogens with zero attached hydrogens (tertiary/aromatic N) is 1. The van der Waals surface area contributed by atoms with Crippen LogP contribution in [0.15, 0.2) is 24.3 Å². The van der Waals surface area contributed by atoms with Crippen molar-refractivity contribution in [3.05, 3.63) is 35.4 Å². The second kappa shape index (κ2) is 6.81. The van der Waals surface area contributed by atoms with Crippen LogP contribution in [0, 0.1) is 11.8 Å². The van der Waals surface area contributed by atoms with Gasteiger partial charge in [0.25, 0.3) is 11.8 Å². The number of fused-ring (bicyclic) bond motifs is 1. The molecular weight excluding hydrogens is 296 g/mol. The molecule has 0 spiro atoms. The van der Waals surface area contributed by atoms with Gasteiger partial charge in [-0.15, -0.1) is 0 Å². The van der Waals surface area contributed by atoms with Crippen molar-refractivity contribution in [3.8, 4) is 0 Å². The number of carbonyl (C=O) groups excluding carboxylic acids is 2. The number of carbonyl (C=O) groups is 3. The fraction of sp³-hybridized carbons (Fsp3) is 0.471. The lowest BCUT2D eigenvalue weighted by Gasteiger charge is -2.28. The van der Waals surface area contributed by atoms with E-state index >= 15 is 0 Å². The highest BCUT2D eigenvalue weighted by molar-refractivity contribution is 6.21. The molecule has 6 nitrogen and oxygen atoms in total. The van der Waals surface area contributed by atoms with Gasteiger partial charge in [-0.05, 0) is 37.3 Å². The van der Waals surface area contributed by atoms with Crippen LogP contribution < -0.4 is 5.32 Å². The van der Waals surface area contributed by atoms with E-state index in [0.29, 0.717) is 17.0 Å². The molecule has 6 heteroatoms. The van der Waals surface area contributed by atoms with Crippen molar-refractivity contribution in [2.24, 2.45) is 11.8 Å². The number of imide groups is 1. The molecule has 0 saturated heterocycles. The fourth-order valence-corrected chi connectivity index (χ4v) is 2.99. The Bertz CT molecular complexity index is 592. The summed E-state index contributed by atoms with van der Waals surface area (Å²) in [4.78, 5) is 37.0. The summed E-state index contributed by atoms with van der Waals surface area (Å²) >= 11 is 0. The third-order valence-corrected chi connectivity index (χ3v) is 4.13. The number of hydrogen-bond donors (Lipinski definition) is 2. The number of rotatable bonds is 6. The first-order valence-corrected chi connectivity index (χ1v) is 7.76. The summed E-state index contributed by atoms with van der Waals surface area (Å²) in [5, 5.41) is 11.4. The molecule has 1 aromatic rings. The van der Waals surface area contributed by atoms with Crippen LogP contribution in [0.25, 0.3) is 0 Å². The first-order valence-electron chi connectivity index (χ1n) is 7.76. The third kappa shape index (κ3) is 3.70. The summed E-state index contributed by atoms with van der Waals surface area (Å²) in [5.41, 5.74) is 0.833. The Morgan fingerprint density at radius 1 is 1.13 bits per heavy atom. The normalized spacial score (nSPS) is 16.4. The molecule has 2 N–H and O–H groups in total. The van der Waals surface area contributed by atoms with Gasteiger partial charge in [0.05, 0.1) is 11.1 Å². The van der Waals surface area contributed by atoms with Gasteiger partial charge in [-0.3, -0.25) is 14.5 Å². The van der Waals surface area contributed by atoms with E-state index in [9.17, 15) is 14.4 Å². The second-order valence-electron chi connectivity index (χ2n) is 6.39. The van der Waals surface area contributed by atoms with E-state index in [1.165, 1.54) is 4.90 Å². The van der Waals surface area contributed by atoms with Crippen LogP contribution in [0.5, 0.6) is 0 Å². The number of carboxylic acid groups (broad SMARTS) is 1. The monoisotopic (exact) mass is 318 g/mol. The summed E-state index contributed by atoms with van der Waals surface area (Å²) in [6.07, 6.45) is -0.386. The predicted octanol–water partition coefficient (Wildman–Crippen LogP) is 2.60. The van der Waals surface area contributed by atoms with E-state index in [2.05, 4.69) is 5.32 Å². The number of benzene rings is 1. The van der Waals surface area contributed by atoms with E-state index in [1.807, 2.05) is 13.8 Å². The number of amides is 3. The topological polar surface area (TPSA) is 86.7 Å². The average Bonchev–Trinajstić information content (AvgIpc) is 2.71. The van der Waals surface area contributed by atoms with Crippen LogP contribution in [0.2, 0.25) is 0 Å². The molecule has 124 valence electrons. The summed E-state index contributed by atoms with van der Waals surface area (Å²) in [6.45, 7) is 6.04. The standard InChI is InChI=1S/C17H22N2O4/c1-10(2)8-12(11(3)18-17(22)23)9-19-15(20)13-6-4-5-7-14(13)16(19)21/h4-7,10-12,18H,8-9H2,1-3H3,(H,22,23). The van der Waals surface area contributed by atoms with Gasteiger partial charge in [0.15, 0.2) is 0 Å². The Labute approximate surface area is 135 Å². The molecule has 1 aliphatic rings. The molecule has 0 aromatic heterocycles. The number of nitrogens with one attached hydrogen (secondary N) is 1. The van der Waals surface area contributed by atoms with Gasteiger partial charge < -0.3 is 10.4 Å². The van der Waals surface area contributed by atoms with Crippen LogP contribution in [0.1, 0.15) is 47.9 Å². The highest BCUT2D eigenvalue weighted by Crippen LogP contribution is 2.26. The minimum atomic E-state index is -1.10. The van der Waals surface area contributed by atoms with Crippen molar-refractivity contribution in [1.29, 1.82) is 0 Å². The molecule has 0 aliphatic carbocycles. The molecule has 3 amide bonds. The molecule has 0 saturated carbocycles. The molecule has 0 radical (unpaired) electrons. The minimum absolute atomic E-state index is 0.131. The highest BCUT2D eigenvalue weighted by atomic mass is 16.4. The second-order valence-corrected chi connectivity index (χ2v) is 6.39. The van der Waals surface area contributed by atoms with Gasteiger partial charge in [-0.25, -0.2) is 4.79 Å². The molecule has 2 rings (SSSR count). The molecule has 1 aliphatic heterocycles. The SMILES string of the molecule is CC(C)CC(CN1C(=O)c2ccccc2C1=O)C(C)NC(=O)O. The van der Waals surface area contributed by atoms with Gasteiger partial charge in [0.2, 0.25) is 0 Å². The number of hydrogen-bond acceptors (Lipinski definition) is 3. The molecule has 2 unspecified atom stereocenters. The van der Waals surface area contributed by atoms with Crippen molar-refractivity contribution in [1.82, 2.24) is 10.2 Å². The van der Waals surface area contributed by atoms with Crippen molar-refractivity contribution in [2.45, 2.75) is 33.2 Å². The van der Waals surface area contributed by atoms with Gasteiger partial charge in [-0.2, -0.15) is 0 Å². The van der Waals surface area contributed by atoms with E-state index < -0.39 is 6.09 Å². The maximum atomic E-state index is 12.4. The first kappa shape index (κ1) is 17.0. The van der Waals surface area contributed by atoms with Crippen LogP contribution >= 0.6 is 0 Å². The Hall–Kier alpha value is -2.37. The third-order valence-electron chi connectivity index (χ3n) is 4.13. The van der Waals surface area contributed by atoms with E-state index in [1.54, 1.807) is 31.2 Å². The van der Waals surface area contributed by atoms with Crippen LogP contribution in [-0.4, -0.2) is 40.5 Å². The van der Waals surface area contributed by atoms with Gasteiger partial charge >= 0.3 is 6.09 Å². The Morgan fingerprint density at radius 2 is 1.65 bits per heavy atom. The smallest absolute Gasteiger partial charge is 0.404 e. The Kier molecular flexibility index (Phi) is 5.03. The molecule has 23 heavy (non-hydrogen) atoms.